The van der Waals surface area contributed by atoms with E-state index >= 15 is 0 Å². The second kappa shape index (κ2) is 6.36. The maximum atomic E-state index is 5.49. The molecule has 0 aromatic carbocycles. The van der Waals surface area contributed by atoms with Gasteiger partial charge in [0.25, 0.3) is 0 Å². The number of ether oxygens (including phenoxy) is 1. The molecule has 4 heteroatoms. The summed E-state index contributed by atoms with van der Waals surface area (Å²) in [5.41, 5.74) is 0. The first-order valence-electron chi connectivity index (χ1n) is 4.57. The first kappa shape index (κ1) is 11.9. The summed E-state index contributed by atoms with van der Waals surface area (Å²) in [6.07, 6.45) is 4.14. The van der Waals surface area contributed by atoms with Crippen molar-refractivity contribution in [3.05, 3.63) is 22.8 Å². The predicted octanol–water partition coefficient (Wildman–Crippen LogP) is 3.35. The van der Waals surface area contributed by atoms with Crippen molar-refractivity contribution in [2.24, 2.45) is 0 Å². The van der Waals surface area contributed by atoms with Crippen molar-refractivity contribution in [2.75, 3.05) is 26.1 Å². The summed E-state index contributed by atoms with van der Waals surface area (Å²) in [7, 11) is 0.206. The van der Waals surface area contributed by atoms with E-state index in [1.165, 1.54) is 6.16 Å². The average molecular weight is 276 g/mol. The Bertz CT molecular complexity index is 263. The largest absolute Gasteiger partial charge is 0.478 e. The van der Waals surface area contributed by atoms with Crippen molar-refractivity contribution < 1.29 is 4.74 Å². The minimum atomic E-state index is 0.206. The average Bonchev–Trinajstić information content (AvgIpc) is 2.15. The number of rotatable bonds is 5. The maximum absolute atomic E-state index is 5.49. The third kappa shape index (κ3) is 4.92. The van der Waals surface area contributed by atoms with E-state index in [-0.39, 0.29) is 7.92 Å². The standard InChI is InChI=1S/C10H15BrNOP/c1-14(2)7-3-6-13-10-5-4-9(11)8-12-10/h4-5,8H,3,6-7H2,1-2H3. The topological polar surface area (TPSA) is 22.1 Å². The summed E-state index contributed by atoms with van der Waals surface area (Å²) in [6, 6.07) is 3.82. The Hall–Kier alpha value is -0.140. The number of pyridine rings is 1. The first-order chi connectivity index (χ1) is 6.68. The van der Waals surface area contributed by atoms with Crippen molar-refractivity contribution in [3.8, 4) is 5.88 Å². The molecule has 2 nitrogen and oxygen atoms in total. The number of nitrogens with zero attached hydrogens (tertiary/aromatic N) is 1. The van der Waals surface area contributed by atoms with Crippen LogP contribution in [0.1, 0.15) is 6.42 Å². The van der Waals surface area contributed by atoms with Gasteiger partial charge in [0.15, 0.2) is 0 Å². The molecule has 0 aliphatic carbocycles. The Morgan fingerprint density at radius 2 is 2.21 bits per heavy atom. The van der Waals surface area contributed by atoms with Gasteiger partial charge in [-0.2, -0.15) is 0 Å². The van der Waals surface area contributed by atoms with Crippen molar-refractivity contribution >= 4 is 23.9 Å². The second-order valence-electron chi connectivity index (χ2n) is 3.32. The molecule has 1 heterocycles. The van der Waals surface area contributed by atoms with Gasteiger partial charge in [0.1, 0.15) is 0 Å². The molecule has 0 aliphatic heterocycles. The van der Waals surface area contributed by atoms with Crippen molar-refractivity contribution in [1.29, 1.82) is 0 Å². The number of hydrogen-bond acceptors (Lipinski definition) is 2. The molecule has 0 atom stereocenters. The molecular weight excluding hydrogens is 261 g/mol. The highest BCUT2D eigenvalue weighted by atomic mass is 79.9. The quantitative estimate of drug-likeness (QED) is 0.607. The van der Waals surface area contributed by atoms with E-state index in [1.54, 1.807) is 6.20 Å². The van der Waals surface area contributed by atoms with Gasteiger partial charge in [-0.3, -0.25) is 0 Å². The zero-order valence-corrected chi connectivity index (χ0v) is 11.0. The van der Waals surface area contributed by atoms with Crippen molar-refractivity contribution in [2.45, 2.75) is 6.42 Å². The predicted molar refractivity (Wildman–Crippen MR) is 65.7 cm³/mol. The van der Waals surface area contributed by atoms with Crippen LogP contribution in [-0.4, -0.2) is 31.1 Å². The van der Waals surface area contributed by atoms with E-state index in [2.05, 4.69) is 34.2 Å². The van der Waals surface area contributed by atoms with Gasteiger partial charge in [-0.15, -0.1) is 7.92 Å². The van der Waals surface area contributed by atoms with Gasteiger partial charge in [0.2, 0.25) is 5.88 Å². The first-order valence-corrected chi connectivity index (χ1v) is 7.79. The van der Waals surface area contributed by atoms with Gasteiger partial charge in [-0.05, 0) is 47.9 Å². The molecule has 0 saturated heterocycles. The molecule has 1 aromatic rings. The molecule has 0 spiro atoms. The Kier molecular flexibility index (Phi) is 5.42. The van der Waals surface area contributed by atoms with E-state index < -0.39 is 0 Å². The fourth-order valence-electron chi connectivity index (χ4n) is 1.01. The molecular formula is C10H15BrNOP. The van der Waals surface area contributed by atoms with Crippen LogP contribution in [0.4, 0.5) is 0 Å². The summed E-state index contributed by atoms with van der Waals surface area (Å²) < 4.78 is 6.47. The lowest BCUT2D eigenvalue weighted by Crippen LogP contribution is -2.00. The SMILES string of the molecule is CP(C)CCCOc1ccc(Br)cn1. The van der Waals surface area contributed by atoms with Gasteiger partial charge < -0.3 is 4.74 Å². The fraction of sp³-hybridized carbons (Fsp3) is 0.500. The highest BCUT2D eigenvalue weighted by molar-refractivity contribution is 9.10. The maximum Gasteiger partial charge on any atom is 0.213 e. The summed E-state index contributed by atoms with van der Waals surface area (Å²) in [4.78, 5) is 4.13. The molecule has 78 valence electrons. The van der Waals surface area contributed by atoms with E-state index in [9.17, 15) is 0 Å². The zero-order chi connectivity index (χ0) is 10.4. The molecule has 0 saturated carbocycles. The molecule has 0 bridgehead atoms. The summed E-state index contributed by atoms with van der Waals surface area (Å²) in [5.74, 6) is 0.713. The van der Waals surface area contributed by atoms with Gasteiger partial charge in [-0.1, -0.05) is 0 Å². The van der Waals surface area contributed by atoms with Crippen LogP contribution in [0.15, 0.2) is 22.8 Å². The van der Waals surface area contributed by atoms with Gasteiger partial charge >= 0.3 is 0 Å². The van der Waals surface area contributed by atoms with Crippen LogP contribution in [0, 0.1) is 0 Å². The minimum absolute atomic E-state index is 0.206. The molecule has 0 radical (unpaired) electrons. The normalized spacial score (nSPS) is 10.6. The fourth-order valence-corrected chi connectivity index (χ4v) is 2.00. The Morgan fingerprint density at radius 3 is 2.79 bits per heavy atom. The van der Waals surface area contributed by atoms with Crippen LogP contribution in [0.3, 0.4) is 0 Å². The second-order valence-corrected chi connectivity index (χ2v) is 6.84. The van der Waals surface area contributed by atoms with Crippen molar-refractivity contribution in [3.63, 3.8) is 0 Å². The van der Waals surface area contributed by atoms with Gasteiger partial charge in [0, 0.05) is 16.7 Å². The van der Waals surface area contributed by atoms with Gasteiger partial charge in [-0.25, -0.2) is 4.98 Å². The highest BCUT2D eigenvalue weighted by Crippen LogP contribution is 2.24. The minimum Gasteiger partial charge on any atom is -0.478 e. The molecule has 0 aliphatic rings. The van der Waals surface area contributed by atoms with E-state index in [0.29, 0.717) is 5.88 Å². The molecule has 14 heavy (non-hydrogen) atoms. The number of hydrogen-bond donors (Lipinski definition) is 0. The van der Waals surface area contributed by atoms with Crippen molar-refractivity contribution in [1.82, 2.24) is 4.98 Å². The zero-order valence-electron chi connectivity index (χ0n) is 8.53. The van der Waals surface area contributed by atoms with Crippen LogP contribution in [0.2, 0.25) is 0 Å². The van der Waals surface area contributed by atoms with E-state index in [4.69, 9.17) is 4.74 Å². The van der Waals surface area contributed by atoms with E-state index in [1.807, 2.05) is 12.1 Å². The Morgan fingerprint density at radius 1 is 1.43 bits per heavy atom. The lowest BCUT2D eigenvalue weighted by molar-refractivity contribution is 0.306. The van der Waals surface area contributed by atoms with Crippen LogP contribution in [0.25, 0.3) is 0 Å². The molecule has 0 unspecified atom stereocenters. The molecule has 0 N–H and O–H groups in total. The smallest absolute Gasteiger partial charge is 0.213 e. The third-order valence-corrected chi connectivity index (χ3v) is 3.38. The molecule has 0 fully saturated rings. The Balaban J connectivity index is 2.21. The lowest BCUT2D eigenvalue weighted by atomic mass is 10.5. The van der Waals surface area contributed by atoms with Crippen LogP contribution < -0.4 is 4.74 Å². The molecule has 1 rings (SSSR count). The monoisotopic (exact) mass is 275 g/mol. The molecule has 1 aromatic heterocycles. The number of halogens is 1. The summed E-state index contributed by atoms with van der Waals surface area (Å²) in [6.45, 7) is 5.34. The van der Waals surface area contributed by atoms with Gasteiger partial charge in [0.05, 0.1) is 6.61 Å². The summed E-state index contributed by atoms with van der Waals surface area (Å²) >= 11 is 3.33. The van der Waals surface area contributed by atoms with Crippen LogP contribution in [0.5, 0.6) is 5.88 Å². The highest BCUT2D eigenvalue weighted by Gasteiger charge is 1.96. The van der Waals surface area contributed by atoms with E-state index in [0.717, 1.165) is 17.5 Å². The lowest BCUT2D eigenvalue weighted by Gasteiger charge is -2.06. The van der Waals surface area contributed by atoms with Crippen LogP contribution >= 0.6 is 23.9 Å². The molecule has 0 amide bonds. The van der Waals surface area contributed by atoms with Crippen LogP contribution in [-0.2, 0) is 0 Å². The number of aromatic nitrogens is 1. The summed E-state index contributed by atoms with van der Waals surface area (Å²) in [5, 5.41) is 0. The third-order valence-electron chi connectivity index (χ3n) is 1.70. The Labute approximate surface area is 95.0 Å².